The zero-order valence-electron chi connectivity index (χ0n) is 8.12. The molecule has 0 saturated heterocycles. The van der Waals surface area contributed by atoms with Crippen LogP contribution in [0.3, 0.4) is 0 Å². The Morgan fingerprint density at radius 1 is 1.31 bits per heavy atom. The molecule has 0 aliphatic heterocycles. The average Bonchev–Trinajstić information content (AvgIpc) is 2.23. The van der Waals surface area contributed by atoms with E-state index in [1.165, 1.54) is 0 Å². The van der Waals surface area contributed by atoms with Gasteiger partial charge in [-0.05, 0) is 23.9 Å². The minimum absolute atomic E-state index is 0.0805. The first kappa shape index (κ1) is 12.7. The van der Waals surface area contributed by atoms with E-state index in [0.717, 1.165) is 0 Å². The zero-order valence-corrected chi connectivity index (χ0v) is 8.94. The molecule has 0 N–H and O–H groups in total. The first-order chi connectivity index (χ1) is 7.53. The number of benzene rings is 1. The van der Waals surface area contributed by atoms with Crippen molar-refractivity contribution in [3.05, 3.63) is 29.8 Å². The molecule has 0 aromatic heterocycles. The van der Waals surface area contributed by atoms with Gasteiger partial charge in [0.2, 0.25) is 0 Å². The summed E-state index contributed by atoms with van der Waals surface area (Å²) in [6.45, 7) is -0.0805. The first-order valence-corrected chi connectivity index (χ1v) is 5.34. The fourth-order valence-electron chi connectivity index (χ4n) is 0.994. The molecular formula is C10H8F3NOS. The van der Waals surface area contributed by atoms with E-state index in [-0.39, 0.29) is 24.1 Å². The molecule has 0 unspecified atom stereocenters. The minimum atomic E-state index is -4.24. The lowest BCUT2D eigenvalue weighted by Crippen LogP contribution is -2.07. The Balaban J connectivity index is 2.41. The van der Waals surface area contributed by atoms with Gasteiger partial charge in [-0.3, -0.25) is 0 Å². The second-order valence-electron chi connectivity index (χ2n) is 2.75. The second-order valence-corrected chi connectivity index (χ2v) is 3.91. The molecule has 1 aromatic carbocycles. The normalized spacial score (nSPS) is 10.9. The maximum Gasteiger partial charge on any atom is 0.441 e. The van der Waals surface area contributed by atoms with Crippen molar-refractivity contribution in [1.29, 1.82) is 5.26 Å². The van der Waals surface area contributed by atoms with E-state index in [0.29, 0.717) is 11.3 Å². The van der Waals surface area contributed by atoms with E-state index in [1.54, 1.807) is 24.3 Å². The number of thioether (sulfide) groups is 1. The molecule has 0 bridgehead atoms. The summed E-state index contributed by atoms with van der Waals surface area (Å²) in [6, 6.07) is 8.32. The van der Waals surface area contributed by atoms with Crippen LogP contribution in [0.1, 0.15) is 5.56 Å². The van der Waals surface area contributed by atoms with Crippen molar-refractivity contribution in [2.24, 2.45) is 0 Å². The van der Waals surface area contributed by atoms with Crippen LogP contribution in [0.5, 0.6) is 5.75 Å². The van der Waals surface area contributed by atoms with Crippen molar-refractivity contribution in [1.82, 2.24) is 0 Å². The van der Waals surface area contributed by atoms with E-state index in [9.17, 15) is 13.2 Å². The number of halogens is 3. The zero-order chi connectivity index (χ0) is 12.0. The Morgan fingerprint density at radius 3 is 2.62 bits per heavy atom. The summed E-state index contributed by atoms with van der Waals surface area (Å²) in [7, 11) is 0. The van der Waals surface area contributed by atoms with Crippen LogP contribution in [0.4, 0.5) is 13.2 Å². The molecular weight excluding hydrogens is 239 g/mol. The van der Waals surface area contributed by atoms with Crippen LogP contribution in [0.15, 0.2) is 24.3 Å². The molecule has 86 valence electrons. The molecule has 6 heteroatoms. The number of hydrogen-bond acceptors (Lipinski definition) is 3. The number of nitrogens with zero attached hydrogens (tertiary/aromatic N) is 1. The van der Waals surface area contributed by atoms with Crippen LogP contribution in [0.25, 0.3) is 0 Å². The van der Waals surface area contributed by atoms with Gasteiger partial charge in [-0.15, -0.1) is 0 Å². The molecule has 1 aromatic rings. The number of hydrogen-bond donors (Lipinski definition) is 0. The molecule has 0 atom stereocenters. The van der Waals surface area contributed by atoms with Gasteiger partial charge in [0.1, 0.15) is 11.8 Å². The largest absolute Gasteiger partial charge is 0.491 e. The van der Waals surface area contributed by atoms with E-state index in [2.05, 4.69) is 0 Å². The van der Waals surface area contributed by atoms with Crippen molar-refractivity contribution in [3.8, 4) is 11.8 Å². The summed E-state index contributed by atoms with van der Waals surface area (Å²) in [5, 5.41) is 8.69. The summed E-state index contributed by atoms with van der Waals surface area (Å²) < 4.78 is 40.4. The van der Waals surface area contributed by atoms with Crippen molar-refractivity contribution < 1.29 is 17.9 Å². The Hall–Kier alpha value is -1.35. The highest BCUT2D eigenvalue weighted by atomic mass is 32.2. The van der Waals surface area contributed by atoms with Gasteiger partial charge in [-0.1, -0.05) is 12.1 Å². The highest BCUT2D eigenvalue weighted by molar-refractivity contribution is 8.00. The third-order valence-electron chi connectivity index (χ3n) is 1.61. The monoisotopic (exact) mass is 247 g/mol. The summed E-state index contributed by atoms with van der Waals surface area (Å²) in [5.41, 5.74) is -3.92. The number of para-hydroxylation sites is 1. The highest BCUT2D eigenvalue weighted by Gasteiger charge is 2.27. The van der Waals surface area contributed by atoms with Crippen molar-refractivity contribution in [2.45, 2.75) is 5.51 Å². The van der Waals surface area contributed by atoms with Gasteiger partial charge in [-0.2, -0.15) is 18.4 Å². The minimum Gasteiger partial charge on any atom is -0.491 e. The molecule has 0 heterocycles. The molecule has 0 fully saturated rings. The summed E-state index contributed by atoms with van der Waals surface area (Å²) in [4.78, 5) is 0. The molecule has 1 rings (SSSR count). The maximum absolute atomic E-state index is 11.8. The fraction of sp³-hybridized carbons (Fsp3) is 0.300. The van der Waals surface area contributed by atoms with E-state index < -0.39 is 5.51 Å². The number of ether oxygens (including phenoxy) is 1. The number of alkyl halides is 3. The van der Waals surface area contributed by atoms with Crippen LogP contribution in [-0.2, 0) is 0 Å². The van der Waals surface area contributed by atoms with Gasteiger partial charge >= 0.3 is 5.51 Å². The Bertz CT molecular complexity index is 386. The predicted molar refractivity (Wildman–Crippen MR) is 55.2 cm³/mol. The lowest BCUT2D eigenvalue weighted by atomic mass is 10.2. The molecule has 0 amide bonds. The quantitative estimate of drug-likeness (QED) is 0.766. The average molecular weight is 247 g/mol. The van der Waals surface area contributed by atoms with Crippen LogP contribution < -0.4 is 4.74 Å². The smallest absolute Gasteiger partial charge is 0.441 e. The molecule has 0 saturated carbocycles. The summed E-state index contributed by atoms with van der Waals surface area (Å²) in [6.07, 6.45) is 0. The second kappa shape index (κ2) is 5.66. The van der Waals surface area contributed by atoms with Crippen molar-refractivity contribution in [3.63, 3.8) is 0 Å². The van der Waals surface area contributed by atoms with Gasteiger partial charge in [0.05, 0.1) is 12.2 Å². The third-order valence-corrected chi connectivity index (χ3v) is 2.31. The Morgan fingerprint density at radius 2 is 2.00 bits per heavy atom. The Labute approximate surface area is 95.0 Å². The van der Waals surface area contributed by atoms with Crippen LogP contribution in [0, 0.1) is 11.3 Å². The lowest BCUT2D eigenvalue weighted by Gasteiger charge is -2.08. The molecule has 16 heavy (non-hydrogen) atoms. The molecule has 0 radical (unpaired) electrons. The van der Waals surface area contributed by atoms with E-state index in [1.807, 2.05) is 6.07 Å². The van der Waals surface area contributed by atoms with Gasteiger partial charge < -0.3 is 4.74 Å². The molecule has 0 spiro atoms. The standard InChI is InChI=1S/C10H8F3NOS/c11-10(12,13)16-6-5-15-9-4-2-1-3-8(9)7-14/h1-4H,5-6H2. The molecule has 2 nitrogen and oxygen atoms in total. The van der Waals surface area contributed by atoms with Crippen LogP contribution >= 0.6 is 11.8 Å². The topological polar surface area (TPSA) is 33.0 Å². The van der Waals surface area contributed by atoms with E-state index >= 15 is 0 Å². The lowest BCUT2D eigenvalue weighted by molar-refractivity contribution is -0.0329. The van der Waals surface area contributed by atoms with Crippen LogP contribution in [-0.4, -0.2) is 17.9 Å². The number of rotatable bonds is 4. The van der Waals surface area contributed by atoms with Gasteiger partial charge in [0.15, 0.2) is 0 Å². The van der Waals surface area contributed by atoms with Gasteiger partial charge in [0.25, 0.3) is 0 Å². The van der Waals surface area contributed by atoms with Crippen LogP contribution in [0.2, 0.25) is 0 Å². The van der Waals surface area contributed by atoms with Crippen molar-refractivity contribution >= 4 is 11.8 Å². The van der Waals surface area contributed by atoms with Gasteiger partial charge in [0, 0.05) is 5.75 Å². The number of nitriles is 1. The maximum atomic E-state index is 11.8. The fourth-order valence-corrected chi connectivity index (χ4v) is 1.39. The Kier molecular flexibility index (Phi) is 4.50. The van der Waals surface area contributed by atoms with E-state index in [4.69, 9.17) is 10.00 Å². The predicted octanol–water partition coefficient (Wildman–Crippen LogP) is 3.19. The summed E-state index contributed by atoms with van der Waals surface area (Å²) >= 11 is -0.142. The highest BCUT2D eigenvalue weighted by Crippen LogP contribution is 2.29. The third kappa shape index (κ3) is 4.45. The summed E-state index contributed by atoms with van der Waals surface area (Å²) in [5.74, 6) is 0.122. The van der Waals surface area contributed by atoms with Crippen molar-refractivity contribution in [2.75, 3.05) is 12.4 Å². The molecule has 0 aliphatic carbocycles. The van der Waals surface area contributed by atoms with Gasteiger partial charge in [-0.25, -0.2) is 0 Å². The first-order valence-electron chi connectivity index (χ1n) is 4.35. The molecule has 0 aliphatic rings. The SMILES string of the molecule is N#Cc1ccccc1OCCSC(F)(F)F.